The van der Waals surface area contributed by atoms with E-state index in [1.807, 2.05) is 73.1 Å². The zero-order chi connectivity index (χ0) is 24.6. The maximum absolute atomic E-state index is 4.94. The molecular weight excluding hydrogens is 454 g/mol. The third-order valence-corrected chi connectivity index (χ3v) is 7.13. The molecular formula is C32H25N5. The largest absolute Gasteiger partial charge is 0.282 e. The first-order chi connectivity index (χ1) is 18.3. The van der Waals surface area contributed by atoms with Crippen LogP contribution in [0, 0.1) is 0 Å². The summed E-state index contributed by atoms with van der Waals surface area (Å²) in [4.78, 5) is 19.5. The molecule has 0 N–H and O–H groups in total. The van der Waals surface area contributed by atoms with Crippen LogP contribution >= 0.6 is 0 Å². The van der Waals surface area contributed by atoms with Crippen LogP contribution in [0.15, 0.2) is 103 Å². The summed E-state index contributed by atoms with van der Waals surface area (Å²) in [5, 5.41) is 1.25. The smallest absolute Gasteiger partial charge is 0.160 e. The first-order valence-electron chi connectivity index (χ1n) is 12.8. The number of fused-ring (bicyclic) bond motifs is 3. The van der Waals surface area contributed by atoms with Gasteiger partial charge in [-0.25, -0.2) is 19.9 Å². The molecule has 5 heteroatoms. The number of aryl methyl sites for hydroxylation is 1. The second-order valence-electron chi connectivity index (χ2n) is 9.44. The molecule has 0 spiro atoms. The highest BCUT2D eigenvalue weighted by Gasteiger charge is 2.22. The van der Waals surface area contributed by atoms with E-state index < -0.39 is 0 Å². The first-order valence-corrected chi connectivity index (χ1v) is 12.8. The van der Waals surface area contributed by atoms with Gasteiger partial charge in [0.15, 0.2) is 5.82 Å². The highest BCUT2D eigenvalue weighted by molar-refractivity contribution is 5.84. The van der Waals surface area contributed by atoms with Gasteiger partial charge in [-0.05, 0) is 61.6 Å². The SMILES string of the molecule is c1ccc(-c2cc(-c3ccc(-n4c5c(c6cccnc64)CCCC5)nc3)nc(-c3ccccc3)n2)cc1. The number of nitrogens with zero attached hydrogens (tertiary/aromatic N) is 5. The summed E-state index contributed by atoms with van der Waals surface area (Å²) in [5.41, 5.74) is 8.52. The van der Waals surface area contributed by atoms with Crippen LogP contribution in [0.25, 0.3) is 50.8 Å². The van der Waals surface area contributed by atoms with E-state index in [1.165, 1.54) is 29.5 Å². The van der Waals surface area contributed by atoms with Crippen molar-refractivity contribution in [2.24, 2.45) is 0 Å². The highest BCUT2D eigenvalue weighted by Crippen LogP contribution is 2.34. The fourth-order valence-electron chi connectivity index (χ4n) is 5.35. The molecule has 0 saturated heterocycles. The van der Waals surface area contributed by atoms with E-state index in [4.69, 9.17) is 19.9 Å². The van der Waals surface area contributed by atoms with Gasteiger partial charge in [-0.15, -0.1) is 0 Å². The molecule has 0 fully saturated rings. The summed E-state index contributed by atoms with van der Waals surface area (Å²) in [6.45, 7) is 0. The Morgan fingerprint density at radius 1 is 0.622 bits per heavy atom. The van der Waals surface area contributed by atoms with Crippen molar-refractivity contribution in [3.8, 4) is 39.7 Å². The normalized spacial score (nSPS) is 13.0. The molecule has 4 aromatic heterocycles. The van der Waals surface area contributed by atoms with Crippen molar-refractivity contribution in [1.29, 1.82) is 0 Å². The third-order valence-electron chi connectivity index (χ3n) is 7.13. The second kappa shape index (κ2) is 9.10. The maximum atomic E-state index is 4.94. The van der Waals surface area contributed by atoms with E-state index in [1.54, 1.807) is 0 Å². The number of rotatable bonds is 4. The second-order valence-corrected chi connectivity index (χ2v) is 9.44. The van der Waals surface area contributed by atoms with Crippen LogP contribution in [-0.2, 0) is 12.8 Å². The van der Waals surface area contributed by atoms with Crippen LogP contribution < -0.4 is 0 Å². The molecule has 0 unspecified atom stereocenters. The third kappa shape index (κ3) is 3.89. The van der Waals surface area contributed by atoms with E-state index in [2.05, 4.69) is 34.9 Å². The van der Waals surface area contributed by atoms with Gasteiger partial charge in [-0.2, -0.15) is 0 Å². The number of pyridine rings is 2. The van der Waals surface area contributed by atoms with Crippen LogP contribution in [0.3, 0.4) is 0 Å². The van der Waals surface area contributed by atoms with Crippen LogP contribution in [0.1, 0.15) is 24.1 Å². The average Bonchev–Trinajstić information content (AvgIpc) is 3.32. The standard InChI is InChI=1S/C32H25N5/c1-3-10-22(11-4-1)27-20-28(36-31(35-27)23-12-5-2-6-13-23)24-17-18-30(34-21-24)37-29-16-8-7-14-25(29)26-15-9-19-33-32(26)37/h1-6,9-13,15,17-21H,7-8,14,16H2. The molecule has 1 aliphatic carbocycles. The van der Waals surface area contributed by atoms with Crippen LogP contribution in [-0.4, -0.2) is 24.5 Å². The fraction of sp³-hybridized carbons (Fsp3) is 0.125. The van der Waals surface area contributed by atoms with Crippen molar-refractivity contribution in [2.75, 3.05) is 0 Å². The van der Waals surface area contributed by atoms with Crippen molar-refractivity contribution < 1.29 is 0 Å². The van der Waals surface area contributed by atoms with Crippen molar-refractivity contribution in [2.45, 2.75) is 25.7 Å². The van der Waals surface area contributed by atoms with Gasteiger partial charge in [0.25, 0.3) is 0 Å². The lowest BCUT2D eigenvalue weighted by atomic mass is 9.96. The Morgan fingerprint density at radius 2 is 1.35 bits per heavy atom. The van der Waals surface area contributed by atoms with Gasteiger partial charge in [0, 0.05) is 40.2 Å². The number of hydrogen-bond acceptors (Lipinski definition) is 4. The molecule has 37 heavy (non-hydrogen) atoms. The maximum Gasteiger partial charge on any atom is 0.160 e. The molecule has 4 heterocycles. The minimum atomic E-state index is 0.704. The lowest BCUT2D eigenvalue weighted by Crippen LogP contribution is -2.08. The number of hydrogen-bond donors (Lipinski definition) is 0. The van der Waals surface area contributed by atoms with E-state index in [9.17, 15) is 0 Å². The zero-order valence-electron chi connectivity index (χ0n) is 20.4. The monoisotopic (exact) mass is 479 g/mol. The molecule has 0 saturated carbocycles. The first kappa shape index (κ1) is 21.6. The van der Waals surface area contributed by atoms with Gasteiger partial charge >= 0.3 is 0 Å². The van der Waals surface area contributed by atoms with Gasteiger partial charge in [-0.1, -0.05) is 60.7 Å². The number of aromatic nitrogens is 5. The van der Waals surface area contributed by atoms with Gasteiger partial charge in [0.05, 0.1) is 11.4 Å². The van der Waals surface area contributed by atoms with Gasteiger partial charge < -0.3 is 0 Å². The molecule has 7 rings (SSSR count). The minimum absolute atomic E-state index is 0.704. The molecule has 5 nitrogen and oxygen atoms in total. The predicted molar refractivity (Wildman–Crippen MR) is 147 cm³/mol. The van der Waals surface area contributed by atoms with Gasteiger partial charge in [0.1, 0.15) is 11.5 Å². The van der Waals surface area contributed by atoms with E-state index in [0.29, 0.717) is 5.82 Å². The molecule has 0 aliphatic heterocycles. The summed E-state index contributed by atoms with van der Waals surface area (Å²) in [6.07, 6.45) is 8.39. The Hall–Kier alpha value is -4.64. The summed E-state index contributed by atoms with van der Waals surface area (Å²) in [6, 6.07) is 30.8. The summed E-state index contributed by atoms with van der Waals surface area (Å²) in [7, 11) is 0. The van der Waals surface area contributed by atoms with Gasteiger partial charge in [-0.3, -0.25) is 4.57 Å². The average molecular weight is 480 g/mol. The molecule has 178 valence electrons. The Balaban J connectivity index is 1.34. The predicted octanol–water partition coefficient (Wildman–Crippen LogP) is 7.09. The van der Waals surface area contributed by atoms with E-state index in [0.717, 1.165) is 52.4 Å². The molecule has 2 aromatic carbocycles. The Bertz CT molecular complexity index is 1650. The minimum Gasteiger partial charge on any atom is -0.282 e. The molecule has 0 radical (unpaired) electrons. The van der Waals surface area contributed by atoms with Crippen molar-refractivity contribution in [3.63, 3.8) is 0 Å². The van der Waals surface area contributed by atoms with Crippen LogP contribution in [0.4, 0.5) is 0 Å². The van der Waals surface area contributed by atoms with Crippen molar-refractivity contribution >= 4 is 11.0 Å². The Labute approximate surface area is 215 Å². The van der Waals surface area contributed by atoms with Crippen LogP contribution in [0.5, 0.6) is 0 Å². The quantitative estimate of drug-likeness (QED) is 0.271. The summed E-state index contributed by atoms with van der Waals surface area (Å²) < 4.78 is 2.25. The molecule has 0 amide bonds. The lowest BCUT2D eigenvalue weighted by Gasteiger charge is -2.15. The fourth-order valence-corrected chi connectivity index (χ4v) is 5.35. The summed E-state index contributed by atoms with van der Waals surface area (Å²) in [5.74, 6) is 1.60. The van der Waals surface area contributed by atoms with E-state index in [-0.39, 0.29) is 0 Å². The zero-order valence-corrected chi connectivity index (χ0v) is 20.4. The van der Waals surface area contributed by atoms with Crippen molar-refractivity contribution in [1.82, 2.24) is 24.5 Å². The Morgan fingerprint density at radius 3 is 2.11 bits per heavy atom. The molecule has 6 aromatic rings. The number of benzene rings is 2. The van der Waals surface area contributed by atoms with Crippen molar-refractivity contribution in [3.05, 3.63) is 115 Å². The molecule has 1 aliphatic rings. The van der Waals surface area contributed by atoms with Gasteiger partial charge in [0.2, 0.25) is 0 Å². The van der Waals surface area contributed by atoms with E-state index >= 15 is 0 Å². The topological polar surface area (TPSA) is 56.5 Å². The lowest BCUT2D eigenvalue weighted by molar-refractivity contribution is 0.664. The Kier molecular flexibility index (Phi) is 5.32. The molecule has 0 atom stereocenters. The highest BCUT2D eigenvalue weighted by atomic mass is 15.1. The van der Waals surface area contributed by atoms with Crippen LogP contribution in [0.2, 0.25) is 0 Å². The summed E-state index contributed by atoms with van der Waals surface area (Å²) >= 11 is 0. The molecule has 0 bridgehead atoms.